The topological polar surface area (TPSA) is 16.1 Å². The van der Waals surface area contributed by atoms with E-state index < -0.39 is 0 Å². The number of rotatable bonds is 1. The van der Waals surface area contributed by atoms with E-state index in [2.05, 4.69) is 9.88 Å². The molecule has 58 valence electrons. The zero-order valence-electron chi connectivity index (χ0n) is 6.13. The molecule has 2 heterocycles. The minimum Gasteiger partial charge on any atom is -0.356 e. The molecule has 3 heteroatoms. The summed E-state index contributed by atoms with van der Waals surface area (Å²) >= 11 is 5.70. The molecular weight excluding hydrogens is 160 g/mol. The first-order valence-electron chi connectivity index (χ1n) is 3.73. The van der Waals surface area contributed by atoms with Gasteiger partial charge in [0.2, 0.25) is 0 Å². The van der Waals surface area contributed by atoms with Crippen LogP contribution in [0.2, 0.25) is 5.02 Å². The van der Waals surface area contributed by atoms with E-state index in [1.165, 1.54) is 6.42 Å². The van der Waals surface area contributed by atoms with Crippen molar-refractivity contribution in [1.82, 2.24) is 4.98 Å². The molecule has 1 aliphatic rings. The Hall–Kier alpha value is -0.760. The van der Waals surface area contributed by atoms with Crippen molar-refractivity contribution < 1.29 is 0 Å². The summed E-state index contributed by atoms with van der Waals surface area (Å²) in [7, 11) is 0. The largest absolute Gasteiger partial charge is 0.356 e. The van der Waals surface area contributed by atoms with Gasteiger partial charge in [-0.15, -0.1) is 0 Å². The van der Waals surface area contributed by atoms with Crippen molar-refractivity contribution in [3.63, 3.8) is 0 Å². The molecule has 0 saturated carbocycles. The smallest absolute Gasteiger partial charge is 0.128 e. The van der Waals surface area contributed by atoms with Crippen LogP contribution < -0.4 is 4.90 Å². The van der Waals surface area contributed by atoms with E-state index in [0.29, 0.717) is 5.02 Å². The molecule has 2 rings (SSSR count). The highest BCUT2D eigenvalue weighted by atomic mass is 35.5. The molecule has 0 spiro atoms. The van der Waals surface area contributed by atoms with Crippen LogP contribution in [0.1, 0.15) is 6.42 Å². The molecule has 1 aliphatic heterocycles. The molecule has 0 amide bonds. The third-order valence-electron chi connectivity index (χ3n) is 1.89. The van der Waals surface area contributed by atoms with Gasteiger partial charge >= 0.3 is 0 Å². The van der Waals surface area contributed by atoms with Crippen LogP contribution in [0, 0.1) is 0 Å². The number of hydrogen-bond acceptors (Lipinski definition) is 2. The molecule has 0 radical (unpaired) electrons. The predicted molar refractivity (Wildman–Crippen MR) is 46.1 cm³/mol. The van der Waals surface area contributed by atoms with Crippen LogP contribution in [-0.4, -0.2) is 18.1 Å². The van der Waals surface area contributed by atoms with Gasteiger partial charge in [0, 0.05) is 19.3 Å². The van der Waals surface area contributed by atoms with Crippen LogP contribution in [0.3, 0.4) is 0 Å². The fraction of sp³-hybridized carbons (Fsp3) is 0.375. The van der Waals surface area contributed by atoms with Gasteiger partial charge in [-0.1, -0.05) is 11.6 Å². The Balaban J connectivity index is 2.18. The summed E-state index contributed by atoms with van der Waals surface area (Å²) < 4.78 is 0. The van der Waals surface area contributed by atoms with Crippen LogP contribution in [-0.2, 0) is 0 Å². The summed E-state index contributed by atoms with van der Waals surface area (Å²) in [5, 5.41) is 0.703. The van der Waals surface area contributed by atoms with E-state index >= 15 is 0 Å². The summed E-state index contributed by atoms with van der Waals surface area (Å²) in [5.74, 6) is 1.04. The number of halogens is 1. The van der Waals surface area contributed by atoms with Crippen molar-refractivity contribution in [3.8, 4) is 0 Å². The van der Waals surface area contributed by atoms with Gasteiger partial charge in [-0.2, -0.15) is 0 Å². The summed E-state index contributed by atoms with van der Waals surface area (Å²) in [6.45, 7) is 2.27. The Labute approximate surface area is 70.8 Å². The first-order valence-corrected chi connectivity index (χ1v) is 4.10. The maximum absolute atomic E-state index is 5.70. The van der Waals surface area contributed by atoms with E-state index in [4.69, 9.17) is 11.6 Å². The lowest BCUT2D eigenvalue weighted by molar-refractivity contribution is 0.610. The van der Waals surface area contributed by atoms with E-state index in [9.17, 15) is 0 Å². The van der Waals surface area contributed by atoms with Crippen LogP contribution in [0.4, 0.5) is 5.82 Å². The standard InChI is InChI=1S/C8H9ClN2/c9-7-2-3-8(10-6-7)11-4-1-5-11/h2-3,6H,1,4-5H2. The molecule has 1 fully saturated rings. The normalized spacial score (nSPS) is 16.3. The average Bonchev–Trinajstić information content (AvgIpc) is 1.90. The lowest BCUT2D eigenvalue weighted by Gasteiger charge is -2.31. The third-order valence-corrected chi connectivity index (χ3v) is 2.12. The fourth-order valence-electron chi connectivity index (χ4n) is 1.10. The number of aromatic nitrogens is 1. The summed E-state index contributed by atoms with van der Waals surface area (Å²) in [4.78, 5) is 6.43. The number of hydrogen-bond donors (Lipinski definition) is 0. The van der Waals surface area contributed by atoms with Gasteiger partial charge in [-0.25, -0.2) is 4.98 Å². The Morgan fingerprint density at radius 1 is 1.36 bits per heavy atom. The molecular formula is C8H9ClN2. The van der Waals surface area contributed by atoms with Gasteiger partial charge in [0.1, 0.15) is 5.82 Å². The van der Waals surface area contributed by atoms with Crippen LogP contribution in [0.15, 0.2) is 18.3 Å². The number of anilines is 1. The van der Waals surface area contributed by atoms with Crippen molar-refractivity contribution in [2.45, 2.75) is 6.42 Å². The summed E-state index contributed by atoms with van der Waals surface area (Å²) in [6.07, 6.45) is 2.97. The first-order chi connectivity index (χ1) is 5.36. The van der Waals surface area contributed by atoms with Crippen molar-refractivity contribution in [1.29, 1.82) is 0 Å². The first kappa shape index (κ1) is 6.92. The molecule has 1 saturated heterocycles. The van der Waals surface area contributed by atoms with Gasteiger partial charge in [0.25, 0.3) is 0 Å². The average molecular weight is 169 g/mol. The molecule has 1 aromatic heterocycles. The van der Waals surface area contributed by atoms with Gasteiger partial charge in [-0.05, 0) is 18.6 Å². The van der Waals surface area contributed by atoms with Gasteiger partial charge in [0.15, 0.2) is 0 Å². The van der Waals surface area contributed by atoms with E-state index in [-0.39, 0.29) is 0 Å². The minimum absolute atomic E-state index is 0.703. The predicted octanol–water partition coefficient (Wildman–Crippen LogP) is 1.95. The zero-order valence-corrected chi connectivity index (χ0v) is 6.88. The highest BCUT2D eigenvalue weighted by molar-refractivity contribution is 6.30. The van der Waals surface area contributed by atoms with Crippen molar-refractivity contribution in [3.05, 3.63) is 23.4 Å². The molecule has 0 unspecified atom stereocenters. The molecule has 0 atom stereocenters. The van der Waals surface area contributed by atoms with Crippen LogP contribution in [0.25, 0.3) is 0 Å². The molecule has 1 aromatic rings. The van der Waals surface area contributed by atoms with Crippen LogP contribution >= 0.6 is 11.6 Å². The van der Waals surface area contributed by atoms with Gasteiger partial charge < -0.3 is 4.90 Å². The Morgan fingerprint density at radius 3 is 2.64 bits per heavy atom. The molecule has 0 N–H and O–H groups in total. The second-order valence-electron chi connectivity index (χ2n) is 2.68. The van der Waals surface area contributed by atoms with E-state index in [1.54, 1.807) is 6.20 Å². The Bertz CT molecular complexity index is 241. The van der Waals surface area contributed by atoms with Crippen molar-refractivity contribution >= 4 is 17.4 Å². The second kappa shape index (κ2) is 2.70. The van der Waals surface area contributed by atoms with Crippen molar-refractivity contribution in [2.75, 3.05) is 18.0 Å². The highest BCUT2D eigenvalue weighted by Gasteiger charge is 2.14. The van der Waals surface area contributed by atoms with Crippen molar-refractivity contribution in [2.24, 2.45) is 0 Å². The van der Waals surface area contributed by atoms with Gasteiger partial charge in [-0.3, -0.25) is 0 Å². The summed E-state index contributed by atoms with van der Waals surface area (Å²) in [5.41, 5.74) is 0. The Morgan fingerprint density at radius 2 is 2.18 bits per heavy atom. The molecule has 11 heavy (non-hydrogen) atoms. The lowest BCUT2D eigenvalue weighted by atomic mass is 10.2. The molecule has 0 aliphatic carbocycles. The monoisotopic (exact) mass is 168 g/mol. The van der Waals surface area contributed by atoms with Gasteiger partial charge in [0.05, 0.1) is 5.02 Å². The molecule has 0 bridgehead atoms. The second-order valence-corrected chi connectivity index (χ2v) is 3.11. The number of pyridine rings is 1. The highest BCUT2D eigenvalue weighted by Crippen LogP contribution is 2.18. The fourth-order valence-corrected chi connectivity index (χ4v) is 1.21. The maximum Gasteiger partial charge on any atom is 0.128 e. The lowest BCUT2D eigenvalue weighted by Crippen LogP contribution is -2.37. The SMILES string of the molecule is Clc1ccc(N2CCC2)nc1. The minimum atomic E-state index is 0.703. The third kappa shape index (κ3) is 1.31. The molecule has 2 nitrogen and oxygen atoms in total. The van der Waals surface area contributed by atoms with E-state index in [0.717, 1.165) is 18.9 Å². The zero-order chi connectivity index (χ0) is 7.68. The number of nitrogens with zero attached hydrogens (tertiary/aromatic N) is 2. The quantitative estimate of drug-likeness (QED) is 0.637. The summed E-state index contributed by atoms with van der Waals surface area (Å²) in [6, 6.07) is 3.84. The maximum atomic E-state index is 5.70. The van der Waals surface area contributed by atoms with Crippen LogP contribution in [0.5, 0.6) is 0 Å². The molecule has 0 aromatic carbocycles. The Kier molecular flexibility index (Phi) is 1.70. The van der Waals surface area contributed by atoms with E-state index in [1.807, 2.05) is 12.1 Å².